The highest BCUT2D eigenvalue weighted by Crippen LogP contribution is 2.33. The summed E-state index contributed by atoms with van der Waals surface area (Å²) in [5, 5.41) is 12.5. The Labute approximate surface area is 153 Å². The third-order valence-electron chi connectivity index (χ3n) is 4.70. The highest BCUT2D eigenvalue weighted by molar-refractivity contribution is 5.94. The van der Waals surface area contributed by atoms with Crippen molar-refractivity contribution in [3.05, 3.63) is 47.3 Å². The Morgan fingerprint density at radius 1 is 1.15 bits per heavy atom. The molecule has 1 fully saturated rings. The van der Waals surface area contributed by atoms with Crippen LogP contribution in [-0.2, 0) is 6.18 Å². The lowest BCUT2D eigenvalue weighted by Gasteiger charge is -2.30. The Hall–Kier alpha value is -2.84. The summed E-state index contributed by atoms with van der Waals surface area (Å²) < 4.78 is 40.4. The number of aromatic nitrogens is 2. The van der Waals surface area contributed by atoms with Crippen molar-refractivity contribution >= 4 is 11.9 Å². The second-order valence-electron chi connectivity index (χ2n) is 6.64. The lowest BCUT2D eigenvalue weighted by molar-refractivity contribution is -0.143. The van der Waals surface area contributed by atoms with Crippen LogP contribution < -0.4 is 0 Å². The van der Waals surface area contributed by atoms with Gasteiger partial charge in [-0.05, 0) is 43.0 Å². The van der Waals surface area contributed by atoms with E-state index in [2.05, 4.69) is 12.0 Å². The molecule has 2 aromatic rings. The summed E-state index contributed by atoms with van der Waals surface area (Å²) in [5.41, 5.74) is -1.89. The van der Waals surface area contributed by atoms with Crippen molar-refractivity contribution < 1.29 is 27.9 Å². The molecule has 0 radical (unpaired) electrons. The maximum Gasteiger partial charge on any atom is 0.434 e. The molecule has 1 saturated heterocycles. The van der Waals surface area contributed by atoms with Crippen molar-refractivity contribution in [1.29, 1.82) is 0 Å². The minimum Gasteiger partial charge on any atom is -0.478 e. The number of carbonyl (C=O) groups is 2. The fraction of sp³-hybridized carbons (Fsp3) is 0.389. The molecule has 144 valence electrons. The number of nitrogens with zero attached hydrogens (tertiary/aromatic N) is 3. The summed E-state index contributed by atoms with van der Waals surface area (Å²) in [5.74, 6) is -1.31. The predicted octanol–water partition coefficient (Wildman–Crippen LogP) is 3.46. The number of hydrogen-bond acceptors (Lipinski definition) is 3. The zero-order valence-corrected chi connectivity index (χ0v) is 14.5. The lowest BCUT2D eigenvalue weighted by atomic mass is 9.98. The Morgan fingerprint density at radius 3 is 2.26 bits per heavy atom. The number of piperidine rings is 1. The quantitative estimate of drug-likeness (QED) is 0.884. The maximum atomic E-state index is 13.3. The molecular formula is C18H18F3N3O3. The SMILES string of the molecule is CC1CCN(C(=O)c2ccc(-n3ncc(C(=O)O)c3C(F)(F)F)cc2)CC1. The molecule has 0 aliphatic carbocycles. The van der Waals surface area contributed by atoms with Crippen LogP contribution in [0.5, 0.6) is 0 Å². The molecule has 0 bridgehead atoms. The van der Waals surface area contributed by atoms with E-state index in [1.54, 1.807) is 4.90 Å². The first-order chi connectivity index (χ1) is 12.7. The van der Waals surface area contributed by atoms with Crippen LogP contribution in [0.25, 0.3) is 5.69 Å². The van der Waals surface area contributed by atoms with Crippen LogP contribution >= 0.6 is 0 Å². The van der Waals surface area contributed by atoms with E-state index < -0.39 is 23.4 Å². The van der Waals surface area contributed by atoms with Gasteiger partial charge in [-0.2, -0.15) is 18.3 Å². The van der Waals surface area contributed by atoms with Gasteiger partial charge in [0.05, 0.1) is 11.9 Å². The first-order valence-electron chi connectivity index (χ1n) is 8.46. The van der Waals surface area contributed by atoms with Crippen LogP contribution in [0.3, 0.4) is 0 Å². The molecule has 9 heteroatoms. The minimum atomic E-state index is -4.89. The standard InChI is InChI=1S/C18H18F3N3O3/c1-11-6-8-23(9-7-11)16(25)12-2-4-13(5-3-12)24-15(18(19,20)21)14(10-22-24)17(26)27/h2-5,10-11H,6-9H2,1H3,(H,26,27). The van der Waals surface area contributed by atoms with E-state index in [0.29, 0.717) is 35.4 Å². The molecule has 27 heavy (non-hydrogen) atoms. The smallest absolute Gasteiger partial charge is 0.434 e. The number of rotatable bonds is 3. The van der Waals surface area contributed by atoms with Gasteiger partial charge in [0, 0.05) is 18.7 Å². The largest absolute Gasteiger partial charge is 0.478 e. The molecule has 3 rings (SSSR count). The highest BCUT2D eigenvalue weighted by atomic mass is 19.4. The van der Waals surface area contributed by atoms with Gasteiger partial charge >= 0.3 is 12.1 Å². The summed E-state index contributed by atoms with van der Waals surface area (Å²) in [7, 11) is 0. The van der Waals surface area contributed by atoms with Crippen LogP contribution in [0.2, 0.25) is 0 Å². The Kier molecular flexibility index (Phi) is 4.95. The summed E-state index contributed by atoms with van der Waals surface area (Å²) in [6, 6.07) is 5.51. The van der Waals surface area contributed by atoms with Crippen LogP contribution in [-0.4, -0.2) is 44.8 Å². The van der Waals surface area contributed by atoms with E-state index in [9.17, 15) is 22.8 Å². The number of carboxylic acids is 1. The van der Waals surface area contributed by atoms with Crippen molar-refractivity contribution in [3.63, 3.8) is 0 Å². The number of benzene rings is 1. The number of hydrogen-bond donors (Lipinski definition) is 1. The minimum absolute atomic E-state index is 0.0265. The van der Waals surface area contributed by atoms with E-state index in [4.69, 9.17) is 5.11 Å². The number of aromatic carboxylic acids is 1. The Balaban J connectivity index is 1.88. The molecule has 1 aliphatic rings. The normalized spacial score (nSPS) is 15.8. The number of carbonyl (C=O) groups excluding carboxylic acids is 1. The third-order valence-corrected chi connectivity index (χ3v) is 4.70. The predicted molar refractivity (Wildman–Crippen MR) is 89.8 cm³/mol. The summed E-state index contributed by atoms with van der Waals surface area (Å²) in [6.45, 7) is 3.44. The van der Waals surface area contributed by atoms with E-state index in [1.807, 2.05) is 0 Å². The molecule has 1 aliphatic heterocycles. The van der Waals surface area contributed by atoms with Crippen molar-refractivity contribution in [2.45, 2.75) is 25.9 Å². The molecular weight excluding hydrogens is 363 g/mol. The molecule has 1 amide bonds. The molecule has 0 spiro atoms. The van der Waals surface area contributed by atoms with Gasteiger partial charge in [0.2, 0.25) is 0 Å². The zero-order valence-electron chi connectivity index (χ0n) is 14.5. The molecule has 1 N–H and O–H groups in total. The third kappa shape index (κ3) is 3.81. The molecule has 6 nitrogen and oxygen atoms in total. The average Bonchev–Trinajstić information content (AvgIpc) is 3.08. The van der Waals surface area contributed by atoms with E-state index in [1.165, 1.54) is 24.3 Å². The average molecular weight is 381 g/mol. The van der Waals surface area contributed by atoms with E-state index in [-0.39, 0.29) is 11.6 Å². The Morgan fingerprint density at radius 2 is 1.74 bits per heavy atom. The number of alkyl halides is 3. The fourth-order valence-electron chi connectivity index (χ4n) is 3.11. The van der Waals surface area contributed by atoms with Gasteiger partial charge in [-0.25, -0.2) is 9.48 Å². The Bertz CT molecular complexity index is 851. The van der Waals surface area contributed by atoms with Crippen LogP contribution in [0, 0.1) is 5.92 Å². The first-order valence-corrected chi connectivity index (χ1v) is 8.46. The van der Waals surface area contributed by atoms with Gasteiger partial charge in [-0.3, -0.25) is 4.79 Å². The summed E-state index contributed by atoms with van der Waals surface area (Å²) in [6.07, 6.45) is -2.38. The van der Waals surface area contributed by atoms with Gasteiger partial charge in [0.1, 0.15) is 5.56 Å². The second kappa shape index (κ2) is 7.05. The van der Waals surface area contributed by atoms with Gasteiger partial charge < -0.3 is 10.0 Å². The number of likely N-dealkylation sites (tertiary alicyclic amines) is 1. The van der Waals surface area contributed by atoms with Crippen LogP contribution in [0.1, 0.15) is 46.2 Å². The van der Waals surface area contributed by atoms with Gasteiger partial charge in [0.25, 0.3) is 5.91 Å². The van der Waals surface area contributed by atoms with Gasteiger partial charge in [-0.15, -0.1) is 0 Å². The molecule has 0 atom stereocenters. The van der Waals surface area contributed by atoms with Crippen molar-refractivity contribution in [3.8, 4) is 5.69 Å². The summed E-state index contributed by atoms with van der Waals surface area (Å²) in [4.78, 5) is 25.3. The van der Waals surface area contributed by atoms with Crippen molar-refractivity contribution in [1.82, 2.24) is 14.7 Å². The highest BCUT2D eigenvalue weighted by Gasteiger charge is 2.40. The van der Waals surface area contributed by atoms with E-state index in [0.717, 1.165) is 12.8 Å². The topological polar surface area (TPSA) is 75.4 Å². The van der Waals surface area contributed by atoms with Crippen molar-refractivity contribution in [2.24, 2.45) is 5.92 Å². The molecule has 1 aromatic carbocycles. The molecule has 0 saturated carbocycles. The monoisotopic (exact) mass is 381 g/mol. The zero-order chi connectivity index (χ0) is 19.8. The van der Waals surface area contributed by atoms with E-state index >= 15 is 0 Å². The molecule has 2 heterocycles. The number of amides is 1. The molecule has 0 unspecified atom stereocenters. The van der Waals surface area contributed by atoms with Crippen LogP contribution in [0.4, 0.5) is 13.2 Å². The second-order valence-corrected chi connectivity index (χ2v) is 6.64. The van der Waals surface area contributed by atoms with Crippen molar-refractivity contribution in [2.75, 3.05) is 13.1 Å². The van der Waals surface area contributed by atoms with Crippen LogP contribution in [0.15, 0.2) is 30.5 Å². The molecule has 1 aromatic heterocycles. The van der Waals surface area contributed by atoms with Gasteiger partial charge in [-0.1, -0.05) is 6.92 Å². The lowest BCUT2D eigenvalue weighted by Crippen LogP contribution is -2.37. The number of carboxylic acid groups (broad SMARTS) is 1. The van der Waals surface area contributed by atoms with Gasteiger partial charge in [0.15, 0.2) is 5.69 Å². The number of halogens is 3. The maximum absolute atomic E-state index is 13.3. The fourth-order valence-corrected chi connectivity index (χ4v) is 3.11. The first kappa shape index (κ1) is 18.9. The summed E-state index contributed by atoms with van der Waals surface area (Å²) >= 11 is 0.